The van der Waals surface area contributed by atoms with Gasteiger partial charge in [-0.3, -0.25) is 4.79 Å². The zero-order valence-electron chi connectivity index (χ0n) is 14.2. The number of methoxy groups -OCH3 is 1. The molecule has 0 aliphatic heterocycles. The molecule has 26 heavy (non-hydrogen) atoms. The maximum atomic E-state index is 13.6. The summed E-state index contributed by atoms with van der Waals surface area (Å²) < 4.78 is 23.2. The van der Waals surface area contributed by atoms with Gasteiger partial charge in [0.05, 0.1) is 7.11 Å². The molecule has 0 heterocycles. The zero-order valence-corrected chi connectivity index (χ0v) is 15.0. The van der Waals surface area contributed by atoms with E-state index in [1.54, 1.807) is 31.2 Å². The maximum Gasteiger partial charge on any atom is 0.331 e. The maximum absolute atomic E-state index is 13.6. The number of rotatable bonds is 6. The highest BCUT2D eigenvalue weighted by molar-refractivity contribution is 6.30. The summed E-state index contributed by atoms with van der Waals surface area (Å²) in [5, 5.41) is 3.19. The molecule has 1 N–H and O–H groups in total. The third-order valence-electron chi connectivity index (χ3n) is 3.40. The van der Waals surface area contributed by atoms with Crippen LogP contribution in [0.4, 0.5) is 10.1 Å². The second-order valence-electron chi connectivity index (χ2n) is 5.34. The highest BCUT2D eigenvalue weighted by atomic mass is 35.5. The van der Waals surface area contributed by atoms with E-state index in [1.807, 2.05) is 0 Å². The van der Waals surface area contributed by atoms with E-state index in [2.05, 4.69) is 5.32 Å². The van der Waals surface area contributed by atoms with Crippen LogP contribution in [-0.4, -0.2) is 25.6 Å². The minimum absolute atomic E-state index is 0.110. The lowest BCUT2D eigenvalue weighted by Gasteiger charge is -2.08. The van der Waals surface area contributed by atoms with Gasteiger partial charge >= 0.3 is 5.97 Å². The fraction of sp³-hybridized carbons (Fsp3) is 0.158. The van der Waals surface area contributed by atoms with Crippen molar-refractivity contribution in [3.8, 4) is 5.75 Å². The summed E-state index contributed by atoms with van der Waals surface area (Å²) >= 11 is 5.85. The van der Waals surface area contributed by atoms with E-state index in [4.69, 9.17) is 21.1 Å². The number of ether oxygens (including phenoxy) is 2. The summed E-state index contributed by atoms with van der Waals surface area (Å²) in [6, 6.07) is 9.27. The lowest BCUT2D eigenvalue weighted by molar-refractivity contribution is -0.142. The van der Waals surface area contributed by atoms with Crippen LogP contribution in [0.1, 0.15) is 11.1 Å². The number of carbonyl (C=O) groups excluding carboxylic acids is 2. The molecule has 0 aliphatic rings. The molecule has 0 saturated carbocycles. The molecule has 0 unspecified atom stereocenters. The number of anilines is 1. The first-order valence-corrected chi connectivity index (χ1v) is 8.01. The predicted octanol–water partition coefficient (Wildman–Crippen LogP) is 3.99. The molecule has 2 aromatic rings. The quantitative estimate of drug-likeness (QED) is 0.610. The first kappa shape index (κ1) is 19.5. The van der Waals surface area contributed by atoms with E-state index < -0.39 is 24.3 Å². The van der Waals surface area contributed by atoms with Crippen LogP contribution in [-0.2, 0) is 14.3 Å². The van der Waals surface area contributed by atoms with Gasteiger partial charge in [0, 0.05) is 16.8 Å². The van der Waals surface area contributed by atoms with Gasteiger partial charge in [-0.15, -0.1) is 0 Å². The number of amides is 1. The molecule has 7 heteroatoms. The topological polar surface area (TPSA) is 64.6 Å². The number of esters is 1. The van der Waals surface area contributed by atoms with Crippen molar-refractivity contribution in [1.82, 2.24) is 0 Å². The summed E-state index contributed by atoms with van der Waals surface area (Å²) in [6.07, 6.45) is 2.49. The fourth-order valence-electron chi connectivity index (χ4n) is 2.09. The van der Waals surface area contributed by atoms with Crippen LogP contribution < -0.4 is 10.1 Å². The Balaban J connectivity index is 1.86. The van der Waals surface area contributed by atoms with Gasteiger partial charge in [-0.2, -0.15) is 0 Å². The normalized spacial score (nSPS) is 10.6. The largest absolute Gasteiger partial charge is 0.494 e. The lowest BCUT2D eigenvalue weighted by Crippen LogP contribution is -2.20. The Kier molecular flexibility index (Phi) is 6.74. The Morgan fingerprint density at radius 3 is 2.65 bits per heavy atom. The van der Waals surface area contributed by atoms with Gasteiger partial charge in [0.2, 0.25) is 0 Å². The molecular weight excluding hydrogens is 361 g/mol. The Morgan fingerprint density at radius 1 is 1.23 bits per heavy atom. The number of benzene rings is 2. The van der Waals surface area contributed by atoms with Crippen molar-refractivity contribution in [1.29, 1.82) is 0 Å². The molecule has 2 aromatic carbocycles. The van der Waals surface area contributed by atoms with Crippen molar-refractivity contribution in [2.24, 2.45) is 0 Å². The molecule has 0 fully saturated rings. The smallest absolute Gasteiger partial charge is 0.331 e. The number of hydrogen-bond acceptors (Lipinski definition) is 4. The van der Waals surface area contributed by atoms with Gasteiger partial charge in [0.25, 0.3) is 5.91 Å². The fourth-order valence-corrected chi connectivity index (χ4v) is 2.32. The number of nitrogens with one attached hydrogen (secondary N) is 1. The second-order valence-corrected chi connectivity index (χ2v) is 5.78. The van der Waals surface area contributed by atoms with Crippen molar-refractivity contribution in [3.63, 3.8) is 0 Å². The van der Waals surface area contributed by atoms with E-state index in [9.17, 15) is 14.0 Å². The Bertz CT molecular complexity index is 851. The molecule has 0 radical (unpaired) electrons. The monoisotopic (exact) mass is 377 g/mol. The number of aryl methyl sites for hydroxylation is 1. The van der Waals surface area contributed by atoms with Gasteiger partial charge in [-0.1, -0.05) is 17.7 Å². The molecule has 0 saturated heterocycles. The summed E-state index contributed by atoms with van der Waals surface area (Å²) in [5.41, 5.74) is 1.83. The van der Waals surface area contributed by atoms with E-state index in [1.165, 1.54) is 25.3 Å². The minimum Gasteiger partial charge on any atom is -0.494 e. The van der Waals surface area contributed by atoms with Crippen LogP contribution in [0.15, 0.2) is 42.5 Å². The second kappa shape index (κ2) is 9.01. The highest BCUT2D eigenvalue weighted by Crippen LogP contribution is 2.20. The molecular formula is C19H17ClFNO4. The van der Waals surface area contributed by atoms with Crippen LogP contribution in [0, 0.1) is 12.7 Å². The zero-order chi connectivity index (χ0) is 19.1. The predicted molar refractivity (Wildman–Crippen MR) is 97.8 cm³/mol. The van der Waals surface area contributed by atoms with E-state index in [-0.39, 0.29) is 5.75 Å². The lowest BCUT2D eigenvalue weighted by atomic mass is 10.2. The SMILES string of the molecule is COc1ccc(/C=C/C(=O)OCC(=O)Nc2ccc(Cl)cc2C)cc1F. The van der Waals surface area contributed by atoms with Crippen LogP contribution in [0.5, 0.6) is 5.75 Å². The van der Waals surface area contributed by atoms with Crippen LogP contribution in [0.25, 0.3) is 6.08 Å². The van der Waals surface area contributed by atoms with Crippen LogP contribution >= 0.6 is 11.6 Å². The molecule has 0 spiro atoms. The van der Waals surface area contributed by atoms with Crippen molar-refractivity contribution < 1.29 is 23.5 Å². The average Bonchev–Trinajstić information content (AvgIpc) is 2.60. The van der Waals surface area contributed by atoms with Crippen molar-refractivity contribution >= 4 is 35.2 Å². The molecule has 0 bridgehead atoms. The number of hydrogen-bond donors (Lipinski definition) is 1. The van der Waals surface area contributed by atoms with Crippen LogP contribution in [0.2, 0.25) is 5.02 Å². The minimum atomic E-state index is -0.718. The Labute approximate surface area is 155 Å². The molecule has 0 aromatic heterocycles. The van der Waals surface area contributed by atoms with Gasteiger partial charge < -0.3 is 14.8 Å². The number of halogens is 2. The van der Waals surface area contributed by atoms with Crippen molar-refractivity contribution in [2.45, 2.75) is 6.92 Å². The molecule has 5 nitrogen and oxygen atoms in total. The molecule has 1 amide bonds. The summed E-state index contributed by atoms with van der Waals surface area (Å²) in [6.45, 7) is 1.35. The van der Waals surface area contributed by atoms with Gasteiger partial charge in [-0.25, -0.2) is 9.18 Å². The van der Waals surface area contributed by atoms with Gasteiger partial charge in [0.1, 0.15) is 0 Å². The highest BCUT2D eigenvalue weighted by Gasteiger charge is 2.08. The average molecular weight is 378 g/mol. The molecule has 0 atom stereocenters. The summed E-state index contributed by atoms with van der Waals surface area (Å²) in [5.74, 6) is -1.63. The molecule has 136 valence electrons. The van der Waals surface area contributed by atoms with Gasteiger partial charge in [-0.05, 0) is 54.5 Å². The summed E-state index contributed by atoms with van der Waals surface area (Å²) in [4.78, 5) is 23.5. The van der Waals surface area contributed by atoms with Crippen molar-refractivity contribution in [3.05, 3.63) is 64.4 Å². The summed E-state index contributed by atoms with van der Waals surface area (Å²) in [7, 11) is 1.36. The van der Waals surface area contributed by atoms with E-state index in [0.717, 1.165) is 11.6 Å². The first-order valence-electron chi connectivity index (χ1n) is 7.63. The van der Waals surface area contributed by atoms with Gasteiger partial charge in [0.15, 0.2) is 18.2 Å². The first-order chi connectivity index (χ1) is 12.4. The Morgan fingerprint density at radius 2 is 2.00 bits per heavy atom. The molecule has 2 rings (SSSR count). The van der Waals surface area contributed by atoms with Crippen LogP contribution in [0.3, 0.4) is 0 Å². The number of carbonyl (C=O) groups is 2. The Hall–Kier alpha value is -2.86. The van der Waals surface area contributed by atoms with E-state index >= 15 is 0 Å². The van der Waals surface area contributed by atoms with E-state index in [0.29, 0.717) is 16.3 Å². The standard InChI is InChI=1S/C19H17ClFNO4/c1-12-9-14(20)5-6-16(12)22-18(23)11-26-19(24)8-4-13-3-7-17(25-2)15(21)10-13/h3-10H,11H2,1-2H3,(H,22,23)/b8-4+. The molecule has 0 aliphatic carbocycles. The third kappa shape index (κ3) is 5.60. The third-order valence-corrected chi connectivity index (χ3v) is 3.63. The van der Waals surface area contributed by atoms with Crippen molar-refractivity contribution in [2.75, 3.05) is 19.0 Å².